The predicted octanol–water partition coefficient (Wildman–Crippen LogP) is 4.01. The summed E-state index contributed by atoms with van der Waals surface area (Å²) in [5.74, 6) is 1.82. The molecule has 0 atom stereocenters. The van der Waals surface area contributed by atoms with E-state index in [1.165, 1.54) is 11.1 Å². The molecule has 1 saturated heterocycles. The number of hydrogen-bond donors (Lipinski definition) is 1. The van der Waals surface area contributed by atoms with Gasteiger partial charge in [0.2, 0.25) is 0 Å². The number of thiophene rings is 1. The molecule has 136 valence electrons. The van der Waals surface area contributed by atoms with Crippen molar-refractivity contribution in [2.75, 3.05) is 31.6 Å². The van der Waals surface area contributed by atoms with Gasteiger partial charge in [0, 0.05) is 30.1 Å². The van der Waals surface area contributed by atoms with Crippen LogP contribution in [0, 0.1) is 0 Å². The highest BCUT2D eigenvalue weighted by Gasteiger charge is 2.18. The maximum atomic E-state index is 5.44. The molecule has 3 aromatic rings. The van der Waals surface area contributed by atoms with E-state index in [0.717, 1.165) is 54.7 Å². The van der Waals surface area contributed by atoms with Gasteiger partial charge in [0.25, 0.3) is 0 Å². The molecule has 1 N–H and O–H groups in total. The summed E-state index contributed by atoms with van der Waals surface area (Å²) < 4.78 is 5.44. The zero-order valence-electron chi connectivity index (χ0n) is 15.2. The summed E-state index contributed by atoms with van der Waals surface area (Å²) in [5, 5.41) is 6.85. The second-order valence-corrected chi connectivity index (χ2v) is 7.73. The molecule has 0 radical (unpaired) electrons. The average molecular weight is 369 g/mol. The smallest absolute Gasteiger partial charge is 0.146 e. The van der Waals surface area contributed by atoms with Crippen molar-refractivity contribution >= 4 is 27.4 Å². The van der Waals surface area contributed by atoms with Gasteiger partial charge in [-0.25, -0.2) is 9.97 Å². The van der Waals surface area contributed by atoms with Crippen LogP contribution in [0.3, 0.4) is 0 Å². The van der Waals surface area contributed by atoms with E-state index < -0.39 is 0 Å². The van der Waals surface area contributed by atoms with Gasteiger partial charge in [-0.1, -0.05) is 30.3 Å². The lowest BCUT2D eigenvalue weighted by Crippen LogP contribution is -2.36. The van der Waals surface area contributed by atoms with Crippen molar-refractivity contribution in [1.29, 1.82) is 0 Å². The molecular formula is C20H24N4OS. The summed E-state index contributed by atoms with van der Waals surface area (Å²) in [6.07, 6.45) is 0. The van der Waals surface area contributed by atoms with Crippen LogP contribution in [0.4, 0.5) is 5.82 Å². The third-order valence-corrected chi connectivity index (χ3v) is 5.33. The summed E-state index contributed by atoms with van der Waals surface area (Å²) in [6.45, 7) is 8.51. The number of fused-ring (bicyclic) bond motifs is 1. The Morgan fingerprint density at radius 2 is 1.92 bits per heavy atom. The summed E-state index contributed by atoms with van der Waals surface area (Å²) in [6, 6.07) is 10.8. The highest BCUT2D eigenvalue weighted by atomic mass is 32.1. The summed E-state index contributed by atoms with van der Waals surface area (Å²) >= 11 is 1.69. The highest BCUT2D eigenvalue weighted by Crippen LogP contribution is 2.37. The first-order valence-electron chi connectivity index (χ1n) is 9.11. The summed E-state index contributed by atoms with van der Waals surface area (Å²) in [4.78, 5) is 13.2. The van der Waals surface area contributed by atoms with Gasteiger partial charge in [0.1, 0.15) is 16.5 Å². The first-order valence-corrected chi connectivity index (χ1v) is 9.99. The van der Waals surface area contributed by atoms with Gasteiger partial charge in [0.05, 0.1) is 25.1 Å². The zero-order valence-corrected chi connectivity index (χ0v) is 16.1. The van der Waals surface area contributed by atoms with E-state index in [-0.39, 0.29) is 0 Å². The fourth-order valence-electron chi connectivity index (χ4n) is 3.22. The molecule has 26 heavy (non-hydrogen) atoms. The van der Waals surface area contributed by atoms with Crippen molar-refractivity contribution in [3.63, 3.8) is 0 Å². The predicted molar refractivity (Wildman–Crippen MR) is 108 cm³/mol. The van der Waals surface area contributed by atoms with E-state index in [1.807, 2.05) is 6.07 Å². The second-order valence-electron chi connectivity index (χ2n) is 6.87. The molecule has 1 aliphatic rings. The first-order chi connectivity index (χ1) is 12.7. The van der Waals surface area contributed by atoms with E-state index in [4.69, 9.17) is 14.7 Å². The largest absolute Gasteiger partial charge is 0.379 e. The topological polar surface area (TPSA) is 50.3 Å². The van der Waals surface area contributed by atoms with Gasteiger partial charge in [-0.15, -0.1) is 11.3 Å². The minimum absolute atomic E-state index is 0.313. The van der Waals surface area contributed by atoms with Crippen molar-refractivity contribution in [3.05, 3.63) is 41.5 Å². The SMILES string of the molecule is CC(C)Nc1nc(CN2CCOCC2)nc2scc(-c3ccccc3)c12. The van der Waals surface area contributed by atoms with Crippen LogP contribution in [0.1, 0.15) is 19.7 Å². The third-order valence-electron chi connectivity index (χ3n) is 4.46. The Hall–Kier alpha value is -2.02. The normalized spacial score (nSPS) is 15.7. The molecule has 0 unspecified atom stereocenters. The molecule has 2 aromatic heterocycles. The molecule has 4 rings (SSSR count). The van der Waals surface area contributed by atoms with Crippen LogP contribution in [0.25, 0.3) is 21.3 Å². The number of nitrogens with one attached hydrogen (secondary N) is 1. The zero-order chi connectivity index (χ0) is 17.9. The number of hydrogen-bond acceptors (Lipinski definition) is 6. The van der Waals surface area contributed by atoms with Gasteiger partial charge in [-0.3, -0.25) is 4.90 Å². The quantitative estimate of drug-likeness (QED) is 0.737. The minimum atomic E-state index is 0.313. The second kappa shape index (κ2) is 7.70. The lowest BCUT2D eigenvalue weighted by atomic mass is 10.1. The number of rotatable bonds is 5. The molecule has 0 spiro atoms. The molecular weight excluding hydrogens is 344 g/mol. The molecule has 3 heterocycles. The monoisotopic (exact) mass is 368 g/mol. The standard InChI is InChI=1S/C20H24N4OS/c1-14(2)21-19-18-16(15-6-4-3-5-7-15)13-26-20(18)23-17(22-19)12-24-8-10-25-11-9-24/h3-7,13-14H,8-12H2,1-2H3,(H,21,22,23). The van der Waals surface area contributed by atoms with Crippen LogP contribution in [0.5, 0.6) is 0 Å². The van der Waals surface area contributed by atoms with Crippen LogP contribution in [0.2, 0.25) is 0 Å². The lowest BCUT2D eigenvalue weighted by molar-refractivity contribution is 0.0331. The first kappa shape index (κ1) is 17.4. The maximum absolute atomic E-state index is 5.44. The van der Waals surface area contributed by atoms with Gasteiger partial charge in [0.15, 0.2) is 0 Å². The Bertz CT molecular complexity index is 872. The Morgan fingerprint density at radius 1 is 1.15 bits per heavy atom. The van der Waals surface area contributed by atoms with E-state index >= 15 is 0 Å². The summed E-state index contributed by atoms with van der Waals surface area (Å²) in [5.41, 5.74) is 2.40. The van der Waals surface area contributed by atoms with Crippen molar-refractivity contribution in [2.45, 2.75) is 26.4 Å². The number of ether oxygens (including phenoxy) is 1. The molecule has 0 saturated carbocycles. The molecule has 6 heteroatoms. The van der Waals surface area contributed by atoms with Gasteiger partial charge < -0.3 is 10.1 Å². The highest BCUT2D eigenvalue weighted by molar-refractivity contribution is 7.17. The number of morpholine rings is 1. The number of benzene rings is 1. The lowest BCUT2D eigenvalue weighted by Gasteiger charge is -2.26. The van der Waals surface area contributed by atoms with Gasteiger partial charge >= 0.3 is 0 Å². The number of aromatic nitrogens is 2. The van der Waals surface area contributed by atoms with Crippen LogP contribution < -0.4 is 5.32 Å². The van der Waals surface area contributed by atoms with E-state index in [0.29, 0.717) is 6.04 Å². The average Bonchev–Trinajstić information content (AvgIpc) is 3.07. The maximum Gasteiger partial charge on any atom is 0.146 e. The van der Waals surface area contributed by atoms with Crippen molar-refractivity contribution < 1.29 is 4.74 Å². The van der Waals surface area contributed by atoms with Crippen LogP contribution in [0.15, 0.2) is 35.7 Å². The fraction of sp³-hybridized carbons (Fsp3) is 0.400. The molecule has 1 aliphatic heterocycles. The van der Waals surface area contributed by atoms with Crippen molar-refractivity contribution in [1.82, 2.24) is 14.9 Å². The Kier molecular flexibility index (Phi) is 5.15. The van der Waals surface area contributed by atoms with Crippen LogP contribution >= 0.6 is 11.3 Å². The third kappa shape index (κ3) is 3.72. The van der Waals surface area contributed by atoms with Gasteiger partial charge in [-0.2, -0.15) is 0 Å². The molecule has 0 bridgehead atoms. The molecule has 0 amide bonds. The van der Waals surface area contributed by atoms with Gasteiger partial charge in [-0.05, 0) is 19.4 Å². The molecule has 1 aromatic carbocycles. The Morgan fingerprint density at radius 3 is 2.65 bits per heavy atom. The van der Waals surface area contributed by atoms with Crippen molar-refractivity contribution in [3.8, 4) is 11.1 Å². The van der Waals surface area contributed by atoms with E-state index in [9.17, 15) is 0 Å². The number of nitrogens with zero attached hydrogens (tertiary/aromatic N) is 3. The van der Waals surface area contributed by atoms with E-state index in [2.05, 4.69) is 53.7 Å². The fourth-order valence-corrected chi connectivity index (χ4v) is 4.19. The van der Waals surface area contributed by atoms with Crippen LogP contribution in [-0.4, -0.2) is 47.2 Å². The number of anilines is 1. The van der Waals surface area contributed by atoms with Crippen molar-refractivity contribution in [2.24, 2.45) is 0 Å². The summed E-state index contributed by atoms with van der Waals surface area (Å²) in [7, 11) is 0. The molecule has 0 aliphatic carbocycles. The van der Waals surface area contributed by atoms with Crippen LogP contribution in [-0.2, 0) is 11.3 Å². The van der Waals surface area contributed by atoms with E-state index in [1.54, 1.807) is 11.3 Å². The minimum Gasteiger partial charge on any atom is -0.379 e. The Balaban J connectivity index is 1.75. The molecule has 1 fully saturated rings. The molecule has 5 nitrogen and oxygen atoms in total. The Labute approximate surface area is 158 Å².